The molecule has 0 radical (unpaired) electrons. The van der Waals surface area contributed by atoms with Crippen molar-refractivity contribution in [3.63, 3.8) is 0 Å². The van der Waals surface area contributed by atoms with Crippen LogP contribution in [0.2, 0.25) is 0 Å². The summed E-state index contributed by atoms with van der Waals surface area (Å²) >= 11 is 0. The molecule has 1 aliphatic rings. The first-order valence-electron chi connectivity index (χ1n) is 6.33. The van der Waals surface area contributed by atoms with Crippen molar-refractivity contribution < 1.29 is 4.79 Å². The van der Waals surface area contributed by atoms with Crippen molar-refractivity contribution in [3.8, 4) is 0 Å². The van der Waals surface area contributed by atoms with Crippen molar-refractivity contribution in [3.05, 3.63) is 0 Å². The first-order valence-corrected chi connectivity index (χ1v) is 6.33. The van der Waals surface area contributed by atoms with Gasteiger partial charge in [-0.2, -0.15) is 0 Å². The molecule has 4 heteroatoms. The summed E-state index contributed by atoms with van der Waals surface area (Å²) in [6, 6.07) is 0. The minimum absolute atomic E-state index is 0.232. The van der Waals surface area contributed by atoms with E-state index in [9.17, 15) is 4.79 Å². The molecule has 16 heavy (non-hydrogen) atoms. The maximum atomic E-state index is 11.8. The summed E-state index contributed by atoms with van der Waals surface area (Å²) < 4.78 is 0. The van der Waals surface area contributed by atoms with Gasteiger partial charge in [0, 0.05) is 20.1 Å². The van der Waals surface area contributed by atoms with E-state index in [-0.39, 0.29) is 5.91 Å². The SMILES string of the molecule is CCN(C)C(=O)CN1CCCC(CCN)C1. The minimum Gasteiger partial charge on any atom is -0.345 e. The zero-order valence-corrected chi connectivity index (χ0v) is 10.6. The van der Waals surface area contributed by atoms with Gasteiger partial charge >= 0.3 is 0 Å². The van der Waals surface area contributed by atoms with Crippen LogP contribution in [0.1, 0.15) is 26.2 Å². The van der Waals surface area contributed by atoms with E-state index in [0.717, 1.165) is 32.6 Å². The van der Waals surface area contributed by atoms with E-state index in [0.29, 0.717) is 12.5 Å². The second-order valence-corrected chi connectivity index (χ2v) is 4.73. The summed E-state index contributed by atoms with van der Waals surface area (Å²) in [5.74, 6) is 0.925. The van der Waals surface area contributed by atoms with E-state index in [4.69, 9.17) is 5.73 Å². The molecule has 0 spiro atoms. The van der Waals surface area contributed by atoms with Gasteiger partial charge in [-0.1, -0.05) is 0 Å². The fraction of sp³-hybridized carbons (Fsp3) is 0.917. The van der Waals surface area contributed by atoms with Gasteiger partial charge in [-0.25, -0.2) is 0 Å². The smallest absolute Gasteiger partial charge is 0.236 e. The predicted molar refractivity (Wildman–Crippen MR) is 66.1 cm³/mol. The molecule has 0 aromatic carbocycles. The quantitative estimate of drug-likeness (QED) is 0.745. The van der Waals surface area contributed by atoms with Gasteiger partial charge in [0.25, 0.3) is 0 Å². The van der Waals surface area contributed by atoms with Crippen molar-refractivity contribution in [2.45, 2.75) is 26.2 Å². The van der Waals surface area contributed by atoms with Crippen molar-refractivity contribution >= 4 is 5.91 Å². The minimum atomic E-state index is 0.232. The van der Waals surface area contributed by atoms with E-state index < -0.39 is 0 Å². The molecule has 1 atom stereocenters. The second kappa shape index (κ2) is 6.86. The number of carbonyl (C=O) groups is 1. The molecule has 1 rings (SSSR count). The van der Waals surface area contributed by atoms with Gasteiger partial charge in [0.05, 0.1) is 6.54 Å². The highest BCUT2D eigenvalue weighted by Gasteiger charge is 2.21. The molecule has 4 nitrogen and oxygen atoms in total. The van der Waals surface area contributed by atoms with E-state index in [2.05, 4.69) is 4.90 Å². The summed E-state index contributed by atoms with van der Waals surface area (Å²) in [6.07, 6.45) is 3.56. The fourth-order valence-corrected chi connectivity index (χ4v) is 2.25. The van der Waals surface area contributed by atoms with E-state index >= 15 is 0 Å². The van der Waals surface area contributed by atoms with E-state index in [1.165, 1.54) is 12.8 Å². The topological polar surface area (TPSA) is 49.6 Å². The van der Waals surface area contributed by atoms with Crippen molar-refractivity contribution in [2.75, 3.05) is 39.8 Å². The van der Waals surface area contributed by atoms with Gasteiger partial charge < -0.3 is 10.6 Å². The van der Waals surface area contributed by atoms with Gasteiger partial charge in [-0.3, -0.25) is 9.69 Å². The number of piperidine rings is 1. The summed E-state index contributed by atoms with van der Waals surface area (Å²) in [7, 11) is 1.86. The number of amides is 1. The molecule has 0 aromatic heterocycles. The van der Waals surface area contributed by atoms with Crippen LogP contribution in [-0.2, 0) is 4.79 Å². The molecule has 0 bridgehead atoms. The van der Waals surface area contributed by atoms with Crippen LogP contribution in [0, 0.1) is 5.92 Å². The molecule has 0 aliphatic carbocycles. The zero-order chi connectivity index (χ0) is 12.0. The van der Waals surface area contributed by atoms with Crippen LogP contribution in [0.5, 0.6) is 0 Å². The Hall–Kier alpha value is -0.610. The third-order valence-corrected chi connectivity index (χ3v) is 3.44. The Balaban J connectivity index is 2.33. The predicted octanol–water partition coefficient (Wildman–Crippen LogP) is 0.526. The van der Waals surface area contributed by atoms with Gasteiger partial charge in [-0.15, -0.1) is 0 Å². The number of likely N-dealkylation sites (N-methyl/N-ethyl adjacent to an activating group) is 1. The molecular formula is C12H25N3O. The molecule has 1 aliphatic heterocycles. The summed E-state index contributed by atoms with van der Waals surface area (Å²) in [5, 5.41) is 0. The zero-order valence-electron chi connectivity index (χ0n) is 10.6. The molecule has 0 aromatic rings. The van der Waals surface area contributed by atoms with Crippen molar-refractivity contribution in [2.24, 2.45) is 11.7 Å². The molecular weight excluding hydrogens is 202 g/mol. The molecule has 0 saturated carbocycles. The van der Waals surface area contributed by atoms with Crippen LogP contribution in [0.4, 0.5) is 0 Å². The average molecular weight is 227 g/mol. The maximum absolute atomic E-state index is 11.8. The van der Waals surface area contributed by atoms with Crippen LogP contribution in [0.25, 0.3) is 0 Å². The van der Waals surface area contributed by atoms with Gasteiger partial charge in [0.15, 0.2) is 0 Å². The molecule has 1 amide bonds. The molecule has 1 unspecified atom stereocenters. The lowest BCUT2D eigenvalue weighted by atomic mass is 9.95. The van der Waals surface area contributed by atoms with Gasteiger partial charge in [-0.05, 0) is 45.2 Å². The van der Waals surface area contributed by atoms with Gasteiger partial charge in [0.2, 0.25) is 5.91 Å². The Morgan fingerprint density at radius 3 is 2.94 bits per heavy atom. The molecule has 1 fully saturated rings. The number of carbonyl (C=O) groups excluding carboxylic acids is 1. The normalized spacial score (nSPS) is 22.1. The number of hydrogen-bond donors (Lipinski definition) is 1. The molecule has 94 valence electrons. The Morgan fingerprint density at radius 1 is 1.56 bits per heavy atom. The Bertz CT molecular complexity index is 218. The van der Waals surface area contributed by atoms with Crippen LogP contribution >= 0.6 is 0 Å². The van der Waals surface area contributed by atoms with E-state index in [1.54, 1.807) is 4.90 Å². The second-order valence-electron chi connectivity index (χ2n) is 4.73. The van der Waals surface area contributed by atoms with Crippen LogP contribution in [0.15, 0.2) is 0 Å². The number of nitrogens with two attached hydrogens (primary N) is 1. The lowest BCUT2D eigenvalue weighted by Gasteiger charge is -2.33. The summed E-state index contributed by atoms with van der Waals surface area (Å²) in [5.41, 5.74) is 5.58. The first kappa shape index (κ1) is 13.5. The monoisotopic (exact) mass is 227 g/mol. The highest BCUT2D eigenvalue weighted by molar-refractivity contribution is 5.77. The molecule has 2 N–H and O–H groups in total. The Labute approximate surface area is 98.8 Å². The largest absolute Gasteiger partial charge is 0.345 e. The Kier molecular flexibility index (Phi) is 5.77. The highest BCUT2D eigenvalue weighted by Crippen LogP contribution is 2.18. The van der Waals surface area contributed by atoms with Crippen LogP contribution in [-0.4, -0.2) is 55.5 Å². The Morgan fingerprint density at radius 2 is 2.31 bits per heavy atom. The van der Waals surface area contributed by atoms with Crippen LogP contribution in [0.3, 0.4) is 0 Å². The summed E-state index contributed by atoms with van der Waals surface area (Å²) in [4.78, 5) is 15.8. The highest BCUT2D eigenvalue weighted by atomic mass is 16.2. The fourth-order valence-electron chi connectivity index (χ4n) is 2.25. The maximum Gasteiger partial charge on any atom is 0.236 e. The molecule has 1 heterocycles. The first-order chi connectivity index (χ1) is 7.67. The lowest BCUT2D eigenvalue weighted by molar-refractivity contribution is -0.131. The lowest BCUT2D eigenvalue weighted by Crippen LogP contribution is -2.43. The number of rotatable bonds is 5. The number of likely N-dealkylation sites (tertiary alicyclic amines) is 1. The number of hydrogen-bond acceptors (Lipinski definition) is 3. The van der Waals surface area contributed by atoms with Crippen molar-refractivity contribution in [1.29, 1.82) is 0 Å². The summed E-state index contributed by atoms with van der Waals surface area (Å²) in [6.45, 7) is 6.24. The molecule has 1 saturated heterocycles. The van der Waals surface area contributed by atoms with E-state index in [1.807, 2.05) is 14.0 Å². The number of nitrogens with zero attached hydrogens (tertiary/aromatic N) is 2. The third kappa shape index (κ3) is 4.10. The van der Waals surface area contributed by atoms with Crippen LogP contribution < -0.4 is 5.73 Å². The van der Waals surface area contributed by atoms with Gasteiger partial charge in [0.1, 0.15) is 0 Å². The third-order valence-electron chi connectivity index (χ3n) is 3.44. The average Bonchev–Trinajstić information content (AvgIpc) is 2.29. The van der Waals surface area contributed by atoms with Crippen molar-refractivity contribution in [1.82, 2.24) is 9.80 Å². The standard InChI is InChI=1S/C12H25N3O/c1-3-14(2)12(16)10-15-8-4-5-11(9-15)6-7-13/h11H,3-10,13H2,1-2H3.